The van der Waals surface area contributed by atoms with E-state index in [-0.39, 0.29) is 16.7 Å². The van der Waals surface area contributed by atoms with Gasteiger partial charge in [-0.1, -0.05) is 42.5 Å². The molecular formula is C23H21F2O6-. The number of ether oxygens (including phenoxy) is 2. The van der Waals surface area contributed by atoms with Crippen LogP contribution in [0.2, 0.25) is 0 Å². The van der Waals surface area contributed by atoms with Gasteiger partial charge in [0.1, 0.15) is 11.6 Å². The highest BCUT2D eigenvalue weighted by atomic mass is 19.3. The lowest BCUT2D eigenvalue weighted by Crippen LogP contribution is -2.47. The smallest absolute Gasteiger partial charge is 0.339 e. The van der Waals surface area contributed by atoms with Gasteiger partial charge in [-0.25, -0.2) is 9.59 Å². The van der Waals surface area contributed by atoms with Crippen LogP contribution in [0.1, 0.15) is 65.0 Å². The van der Waals surface area contributed by atoms with Gasteiger partial charge in [-0.2, -0.15) is 8.78 Å². The second kappa shape index (κ2) is 8.83. The fourth-order valence-electron chi connectivity index (χ4n) is 3.60. The quantitative estimate of drug-likeness (QED) is 0.624. The fraction of sp³-hybridized carbons (Fsp3) is 0.348. The van der Waals surface area contributed by atoms with Gasteiger partial charge >= 0.3 is 17.9 Å². The summed E-state index contributed by atoms with van der Waals surface area (Å²) in [7, 11) is 0. The molecule has 3 rings (SSSR count). The van der Waals surface area contributed by atoms with Crippen LogP contribution in [0.4, 0.5) is 8.78 Å². The molecule has 0 aliphatic heterocycles. The predicted molar refractivity (Wildman–Crippen MR) is 103 cm³/mol. The van der Waals surface area contributed by atoms with Crippen LogP contribution in [0, 0.1) is 0 Å². The zero-order valence-electron chi connectivity index (χ0n) is 16.8. The Bertz CT molecular complexity index is 967. The summed E-state index contributed by atoms with van der Waals surface area (Å²) < 4.78 is 39.1. The minimum Gasteiger partial charge on any atom is -0.544 e. The Kier molecular flexibility index (Phi) is 6.38. The molecule has 1 saturated carbocycles. The molecular weight excluding hydrogens is 410 g/mol. The Balaban J connectivity index is 1.89. The van der Waals surface area contributed by atoms with Crippen molar-refractivity contribution in [3.05, 3.63) is 71.3 Å². The number of esters is 2. The normalized spacial score (nSPS) is 16.4. The molecule has 0 bridgehead atoms. The maximum absolute atomic E-state index is 14.3. The molecule has 2 aromatic carbocycles. The molecule has 8 heteroatoms. The van der Waals surface area contributed by atoms with Gasteiger partial charge in [-0.05, 0) is 50.3 Å². The average molecular weight is 431 g/mol. The predicted octanol–water partition coefficient (Wildman–Crippen LogP) is 3.46. The maximum atomic E-state index is 14.3. The first-order chi connectivity index (χ1) is 14.6. The van der Waals surface area contributed by atoms with Crippen LogP contribution in [-0.4, -0.2) is 29.4 Å². The zero-order valence-corrected chi connectivity index (χ0v) is 16.8. The summed E-state index contributed by atoms with van der Waals surface area (Å²) in [4.78, 5) is 36.5. The Labute approximate surface area is 177 Å². The zero-order chi connectivity index (χ0) is 22.6. The van der Waals surface area contributed by atoms with E-state index in [1.54, 1.807) is 6.92 Å². The molecule has 31 heavy (non-hydrogen) atoms. The van der Waals surface area contributed by atoms with Crippen molar-refractivity contribution in [1.29, 1.82) is 0 Å². The number of carbonyl (C=O) groups is 3. The molecule has 0 aromatic heterocycles. The van der Waals surface area contributed by atoms with E-state index < -0.39 is 35.5 Å². The van der Waals surface area contributed by atoms with Gasteiger partial charge in [-0.15, -0.1) is 0 Å². The van der Waals surface area contributed by atoms with Gasteiger partial charge in [0, 0.05) is 0 Å². The molecule has 0 radical (unpaired) electrons. The van der Waals surface area contributed by atoms with E-state index in [9.17, 15) is 28.3 Å². The number of carbonyl (C=O) groups excluding carboxylic acids is 3. The molecule has 1 fully saturated rings. The van der Waals surface area contributed by atoms with E-state index in [4.69, 9.17) is 9.47 Å². The minimum atomic E-state index is -4.50. The van der Waals surface area contributed by atoms with Gasteiger partial charge in [-0.3, -0.25) is 0 Å². The molecule has 1 aliphatic carbocycles. The van der Waals surface area contributed by atoms with Crippen LogP contribution in [0.25, 0.3) is 0 Å². The highest BCUT2D eigenvalue weighted by molar-refractivity contribution is 6.03. The second-order valence-corrected chi connectivity index (χ2v) is 7.70. The lowest BCUT2D eigenvalue weighted by Gasteiger charge is -2.28. The van der Waals surface area contributed by atoms with Crippen molar-refractivity contribution in [3.8, 4) is 0 Å². The van der Waals surface area contributed by atoms with E-state index in [1.807, 2.05) is 0 Å². The number of carboxylic acids is 1. The Morgan fingerprint density at radius 2 is 1.45 bits per heavy atom. The maximum Gasteiger partial charge on any atom is 0.339 e. The largest absolute Gasteiger partial charge is 0.544 e. The van der Waals surface area contributed by atoms with Crippen LogP contribution in [0.3, 0.4) is 0 Å². The molecule has 1 atom stereocenters. The second-order valence-electron chi connectivity index (χ2n) is 7.70. The summed E-state index contributed by atoms with van der Waals surface area (Å²) >= 11 is 0. The summed E-state index contributed by atoms with van der Waals surface area (Å²) in [5.74, 6) is -9.24. The number of rotatable bonds is 7. The van der Waals surface area contributed by atoms with Gasteiger partial charge in [0.15, 0.2) is 6.10 Å². The van der Waals surface area contributed by atoms with Crippen molar-refractivity contribution in [3.63, 3.8) is 0 Å². The number of benzene rings is 2. The lowest BCUT2D eigenvalue weighted by molar-refractivity contribution is -0.336. The highest BCUT2D eigenvalue weighted by Crippen LogP contribution is 2.36. The Morgan fingerprint density at radius 1 is 0.935 bits per heavy atom. The third-order valence-electron chi connectivity index (χ3n) is 5.30. The standard InChI is InChI=1S/C23H22F2O6/c1-22(13-7-8-14-22)31-20(27)17-12-6-5-11-16(17)19(26)30-18(23(24,25)21(28)29)15-9-3-2-4-10-15/h2-6,9-12,18H,7-8,13-14H2,1H3,(H,28,29)/p-1. The van der Waals surface area contributed by atoms with Gasteiger partial charge in [0.25, 0.3) is 0 Å². The summed E-state index contributed by atoms with van der Waals surface area (Å²) in [6.45, 7) is 1.80. The fourth-order valence-corrected chi connectivity index (χ4v) is 3.60. The van der Waals surface area contributed by atoms with Crippen molar-refractivity contribution in [1.82, 2.24) is 0 Å². The topological polar surface area (TPSA) is 92.7 Å². The van der Waals surface area contributed by atoms with Gasteiger partial charge in [0.05, 0.1) is 11.1 Å². The van der Waals surface area contributed by atoms with E-state index in [1.165, 1.54) is 54.6 Å². The number of halogens is 2. The molecule has 1 aliphatic rings. The third kappa shape index (κ3) is 4.90. The summed E-state index contributed by atoms with van der Waals surface area (Å²) in [6, 6.07) is 12.2. The van der Waals surface area contributed by atoms with Crippen LogP contribution in [0.5, 0.6) is 0 Å². The van der Waals surface area contributed by atoms with Crippen LogP contribution >= 0.6 is 0 Å². The van der Waals surface area contributed by atoms with Crippen LogP contribution in [0.15, 0.2) is 54.6 Å². The van der Waals surface area contributed by atoms with Crippen molar-refractivity contribution < 1.29 is 37.7 Å². The van der Waals surface area contributed by atoms with E-state index in [0.29, 0.717) is 12.8 Å². The van der Waals surface area contributed by atoms with Crippen molar-refractivity contribution in [2.24, 2.45) is 0 Å². The van der Waals surface area contributed by atoms with E-state index in [2.05, 4.69) is 0 Å². The van der Waals surface area contributed by atoms with Crippen molar-refractivity contribution in [2.45, 2.75) is 50.2 Å². The number of hydrogen-bond acceptors (Lipinski definition) is 6. The monoisotopic (exact) mass is 431 g/mol. The minimum absolute atomic E-state index is 0.149. The summed E-state index contributed by atoms with van der Waals surface area (Å²) in [5, 5.41) is 11.0. The first-order valence-corrected chi connectivity index (χ1v) is 9.82. The van der Waals surface area contributed by atoms with Crippen molar-refractivity contribution in [2.75, 3.05) is 0 Å². The van der Waals surface area contributed by atoms with Crippen LogP contribution in [-0.2, 0) is 14.3 Å². The van der Waals surface area contributed by atoms with Crippen molar-refractivity contribution >= 4 is 17.9 Å². The SMILES string of the molecule is CC1(OC(=O)c2ccccc2C(=O)OC(c2ccccc2)C(F)(F)C(=O)[O-])CCCC1. The molecule has 0 spiro atoms. The number of aliphatic carboxylic acids is 1. The Hall–Kier alpha value is -3.29. The summed E-state index contributed by atoms with van der Waals surface area (Å²) in [5.41, 5.74) is -1.35. The number of carboxylic acid groups (broad SMARTS) is 1. The molecule has 0 amide bonds. The number of hydrogen-bond donors (Lipinski definition) is 0. The molecule has 1 unspecified atom stereocenters. The molecule has 0 saturated heterocycles. The Morgan fingerprint density at radius 3 is 2.00 bits per heavy atom. The van der Waals surface area contributed by atoms with Gasteiger partial charge in [0.2, 0.25) is 0 Å². The number of alkyl halides is 2. The molecule has 2 aromatic rings. The first kappa shape index (κ1) is 22.4. The van der Waals surface area contributed by atoms with Gasteiger partial charge < -0.3 is 19.4 Å². The third-order valence-corrected chi connectivity index (χ3v) is 5.30. The van der Waals surface area contributed by atoms with Crippen LogP contribution < -0.4 is 5.11 Å². The van der Waals surface area contributed by atoms with E-state index >= 15 is 0 Å². The molecule has 6 nitrogen and oxygen atoms in total. The molecule has 164 valence electrons. The summed E-state index contributed by atoms with van der Waals surface area (Å²) in [6.07, 6.45) is 0.732. The first-order valence-electron chi connectivity index (χ1n) is 9.82. The lowest BCUT2D eigenvalue weighted by atomic mass is 10.0. The highest BCUT2D eigenvalue weighted by Gasteiger charge is 2.46. The van der Waals surface area contributed by atoms with E-state index in [0.717, 1.165) is 12.8 Å². The molecule has 0 N–H and O–H groups in total. The average Bonchev–Trinajstić information content (AvgIpc) is 3.18. The molecule has 0 heterocycles.